The van der Waals surface area contributed by atoms with E-state index in [1.165, 1.54) is 0 Å². The highest BCUT2D eigenvalue weighted by Gasteiger charge is 2.48. The van der Waals surface area contributed by atoms with Gasteiger partial charge in [0.25, 0.3) is 0 Å². The predicted molar refractivity (Wildman–Crippen MR) is 53.1 cm³/mol. The van der Waals surface area contributed by atoms with Crippen molar-refractivity contribution in [3.63, 3.8) is 0 Å². The van der Waals surface area contributed by atoms with Gasteiger partial charge in [-0.3, -0.25) is 0 Å². The van der Waals surface area contributed by atoms with Crippen LogP contribution in [0.15, 0.2) is 0 Å². The van der Waals surface area contributed by atoms with Crippen LogP contribution < -0.4 is 0 Å². The lowest BCUT2D eigenvalue weighted by Crippen LogP contribution is -2.34. The second-order valence-corrected chi connectivity index (χ2v) is 3.86. The van der Waals surface area contributed by atoms with E-state index in [4.69, 9.17) is 29.2 Å². The third kappa shape index (κ3) is 2.53. The lowest BCUT2D eigenvalue weighted by Gasteiger charge is -2.16. The average Bonchev–Trinajstić information content (AvgIpc) is 2.86. The molecule has 0 amide bonds. The molecule has 0 saturated carbocycles. The van der Waals surface area contributed by atoms with E-state index in [9.17, 15) is 0 Å². The number of hydrogen-bond donors (Lipinski definition) is 2. The zero-order valence-corrected chi connectivity index (χ0v) is 9.08. The molecular formula is C10H18O6. The summed E-state index contributed by atoms with van der Waals surface area (Å²) in [6.07, 6.45) is -0.481. The highest BCUT2D eigenvalue weighted by atomic mass is 16.6. The van der Waals surface area contributed by atoms with Crippen LogP contribution in [0.1, 0.15) is 0 Å². The molecule has 0 aliphatic carbocycles. The smallest absolute Gasteiger partial charge is 0.115 e. The number of hydrogen-bond acceptors (Lipinski definition) is 6. The van der Waals surface area contributed by atoms with E-state index in [-0.39, 0.29) is 37.6 Å². The van der Waals surface area contributed by atoms with Crippen molar-refractivity contribution in [3.8, 4) is 0 Å². The van der Waals surface area contributed by atoms with Crippen LogP contribution in [-0.2, 0) is 18.9 Å². The van der Waals surface area contributed by atoms with Gasteiger partial charge in [0, 0.05) is 0 Å². The molecule has 4 atom stereocenters. The summed E-state index contributed by atoms with van der Waals surface area (Å²) in [6, 6.07) is 0. The number of rotatable bonds is 6. The zero-order valence-electron chi connectivity index (χ0n) is 9.08. The van der Waals surface area contributed by atoms with Gasteiger partial charge in [-0.2, -0.15) is 0 Å². The van der Waals surface area contributed by atoms with Crippen LogP contribution >= 0.6 is 0 Å². The van der Waals surface area contributed by atoms with Gasteiger partial charge in [0.05, 0.1) is 39.6 Å². The monoisotopic (exact) mass is 234 g/mol. The van der Waals surface area contributed by atoms with E-state index in [0.717, 1.165) is 0 Å². The fourth-order valence-electron chi connectivity index (χ4n) is 2.12. The number of ether oxygens (including phenoxy) is 4. The number of fused-ring (bicyclic) bond motifs is 1. The van der Waals surface area contributed by atoms with Crippen molar-refractivity contribution in [3.05, 3.63) is 0 Å². The third-order valence-corrected chi connectivity index (χ3v) is 2.81. The normalized spacial score (nSPS) is 37.9. The molecule has 0 radical (unpaired) electrons. The summed E-state index contributed by atoms with van der Waals surface area (Å²) in [5.74, 6) is 0. The summed E-state index contributed by atoms with van der Waals surface area (Å²) >= 11 is 0. The van der Waals surface area contributed by atoms with Crippen molar-refractivity contribution >= 4 is 0 Å². The SMILES string of the molecule is OCCOC1COC2C(OCCO)COC12. The van der Waals surface area contributed by atoms with Gasteiger partial charge >= 0.3 is 0 Å². The Bertz CT molecular complexity index is 189. The van der Waals surface area contributed by atoms with Crippen molar-refractivity contribution in [2.75, 3.05) is 39.6 Å². The molecule has 0 aromatic carbocycles. The summed E-state index contributed by atoms with van der Waals surface area (Å²) in [4.78, 5) is 0. The number of aliphatic hydroxyl groups excluding tert-OH is 2. The van der Waals surface area contributed by atoms with Crippen LogP contribution in [0.2, 0.25) is 0 Å². The zero-order chi connectivity index (χ0) is 11.4. The largest absolute Gasteiger partial charge is 0.394 e. The lowest BCUT2D eigenvalue weighted by molar-refractivity contribution is -0.0589. The highest BCUT2D eigenvalue weighted by molar-refractivity contribution is 4.95. The minimum Gasteiger partial charge on any atom is -0.394 e. The second-order valence-electron chi connectivity index (χ2n) is 3.86. The van der Waals surface area contributed by atoms with Gasteiger partial charge in [0.1, 0.15) is 24.4 Å². The van der Waals surface area contributed by atoms with Gasteiger partial charge in [-0.05, 0) is 0 Å². The molecule has 0 aromatic rings. The molecule has 2 aliphatic heterocycles. The molecular weight excluding hydrogens is 216 g/mol. The lowest BCUT2D eigenvalue weighted by atomic mass is 10.1. The van der Waals surface area contributed by atoms with Gasteiger partial charge in [-0.1, -0.05) is 0 Å². The first-order valence-electron chi connectivity index (χ1n) is 5.55. The topological polar surface area (TPSA) is 77.4 Å². The van der Waals surface area contributed by atoms with Gasteiger partial charge in [0.15, 0.2) is 0 Å². The van der Waals surface area contributed by atoms with Crippen molar-refractivity contribution in [1.29, 1.82) is 0 Å². The molecule has 6 nitrogen and oxygen atoms in total. The third-order valence-electron chi connectivity index (χ3n) is 2.81. The Morgan fingerprint density at radius 3 is 1.69 bits per heavy atom. The Hall–Kier alpha value is -0.240. The molecule has 6 heteroatoms. The first kappa shape index (κ1) is 12.2. The maximum atomic E-state index is 8.68. The number of aliphatic hydroxyl groups is 2. The molecule has 0 spiro atoms. The Balaban J connectivity index is 1.80. The van der Waals surface area contributed by atoms with Crippen LogP contribution in [-0.4, -0.2) is 74.3 Å². The van der Waals surface area contributed by atoms with Gasteiger partial charge in [-0.25, -0.2) is 0 Å². The van der Waals surface area contributed by atoms with Crippen LogP contribution in [0.3, 0.4) is 0 Å². The molecule has 16 heavy (non-hydrogen) atoms. The summed E-state index contributed by atoms with van der Waals surface area (Å²) in [6.45, 7) is 1.52. The van der Waals surface area contributed by atoms with Crippen molar-refractivity contribution < 1.29 is 29.2 Å². The molecule has 4 unspecified atom stereocenters. The fraction of sp³-hybridized carbons (Fsp3) is 1.00. The maximum Gasteiger partial charge on any atom is 0.115 e. The minimum atomic E-state index is -0.125. The summed E-state index contributed by atoms with van der Waals surface area (Å²) < 4.78 is 21.9. The Morgan fingerprint density at radius 1 is 0.875 bits per heavy atom. The Morgan fingerprint density at radius 2 is 1.31 bits per heavy atom. The standard InChI is InChI=1S/C10H18O6/c11-1-3-13-7-5-15-10-8(14-4-2-12)6-16-9(7)10/h7-12H,1-6H2. The summed E-state index contributed by atoms with van der Waals surface area (Å²) in [5, 5.41) is 17.4. The van der Waals surface area contributed by atoms with E-state index < -0.39 is 0 Å². The van der Waals surface area contributed by atoms with Crippen molar-refractivity contribution in [2.24, 2.45) is 0 Å². The second kappa shape index (κ2) is 5.90. The first-order valence-corrected chi connectivity index (χ1v) is 5.55. The predicted octanol–water partition coefficient (Wildman–Crippen LogP) is -1.46. The van der Waals surface area contributed by atoms with Gasteiger partial charge in [-0.15, -0.1) is 0 Å². The highest BCUT2D eigenvalue weighted by Crippen LogP contribution is 2.30. The molecule has 0 bridgehead atoms. The molecule has 2 fully saturated rings. The molecule has 0 aromatic heterocycles. The van der Waals surface area contributed by atoms with E-state index >= 15 is 0 Å². The van der Waals surface area contributed by atoms with Gasteiger partial charge < -0.3 is 29.2 Å². The van der Waals surface area contributed by atoms with Crippen LogP contribution in [0.5, 0.6) is 0 Å². The Labute approximate surface area is 94.1 Å². The summed E-state index contributed by atoms with van der Waals surface area (Å²) in [7, 11) is 0. The molecule has 2 aliphatic rings. The molecule has 2 N–H and O–H groups in total. The summed E-state index contributed by atoms with van der Waals surface area (Å²) in [5.41, 5.74) is 0. The molecule has 94 valence electrons. The molecule has 2 saturated heterocycles. The minimum absolute atomic E-state index is 0.00166. The van der Waals surface area contributed by atoms with Gasteiger partial charge in [0.2, 0.25) is 0 Å². The van der Waals surface area contributed by atoms with E-state index in [2.05, 4.69) is 0 Å². The van der Waals surface area contributed by atoms with Crippen LogP contribution in [0.4, 0.5) is 0 Å². The first-order chi connectivity index (χ1) is 7.86. The average molecular weight is 234 g/mol. The van der Waals surface area contributed by atoms with E-state index in [1.807, 2.05) is 0 Å². The maximum absolute atomic E-state index is 8.68. The molecule has 2 rings (SSSR count). The van der Waals surface area contributed by atoms with Crippen LogP contribution in [0, 0.1) is 0 Å². The van der Waals surface area contributed by atoms with Crippen molar-refractivity contribution in [1.82, 2.24) is 0 Å². The van der Waals surface area contributed by atoms with E-state index in [0.29, 0.717) is 26.4 Å². The quantitative estimate of drug-likeness (QED) is 0.585. The van der Waals surface area contributed by atoms with E-state index in [1.54, 1.807) is 0 Å². The van der Waals surface area contributed by atoms with Crippen LogP contribution in [0.25, 0.3) is 0 Å². The Kier molecular flexibility index (Phi) is 4.51. The molecule has 2 heterocycles. The van der Waals surface area contributed by atoms with Crippen molar-refractivity contribution in [2.45, 2.75) is 24.4 Å². The fourth-order valence-corrected chi connectivity index (χ4v) is 2.12.